The maximum absolute atomic E-state index is 12.1. The molecule has 0 unspecified atom stereocenters. The van der Waals surface area contributed by atoms with Crippen molar-refractivity contribution in [2.24, 2.45) is 0 Å². The number of ether oxygens (including phenoxy) is 1. The molecular weight excluding hydrogens is 303 g/mol. The highest BCUT2D eigenvalue weighted by Gasteiger charge is 2.14. The van der Waals surface area contributed by atoms with E-state index in [1.807, 2.05) is 0 Å². The Labute approximate surface area is 130 Å². The van der Waals surface area contributed by atoms with Crippen LogP contribution in [0.3, 0.4) is 0 Å². The largest absolute Gasteiger partial charge is 0.504 e. The summed E-state index contributed by atoms with van der Waals surface area (Å²) < 4.78 is 22.2. The molecule has 0 atom stereocenters. The third-order valence-corrected chi connectivity index (χ3v) is 3.38. The van der Waals surface area contributed by atoms with E-state index < -0.39 is 18.0 Å². The summed E-state index contributed by atoms with van der Waals surface area (Å²) in [5, 5.41) is 19.9. The molecule has 2 N–H and O–H groups in total. The molecule has 118 valence electrons. The van der Waals surface area contributed by atoms with Crippen LogP contribution in [0.5, 0.6) is 17.2 Å². The Hall–Kier alpha value is -3.02. The molecule has 0 bridgehead atoms. The first-order valence-electron chi connectivity index (χ1n) is 6.88. The van der Waals surface area contributed by atoms with Crippen molar-refractivity contribution in [3.63, 3.8) is 0 Å². The molecule has 0 saturated carbocycles. The van der Waals surface area contributed by atoms with Gasteiger partial charge in [0.1, 0.15) is 19.0 Å². The number of phenols is 2. The minimum absolute atomic E-state index is 0.0235. The second-order valence-electron chi connectivity index (χ2n) is 4.85. The first kappa shape index (κ1) is 14.9. The van der Waals surface area contributed by atoms with Crippen LogP contribution in [0.4, 0.5) is 4.39 Å². The zero-order valence-electron chi connectivity index (χ0n) is 12.0. The van der Waals surface area contributed by atoms with Gasteiger partial charge in [0.2, 0.25) is 5.75 Å². The number of halogens is 1. The molecule has 0 amide bonds. The lowest BCUT2D eigenvalue weighted by molar-refractivity contribution is 0.273. The van der Waals surface area contributed by atoms with Crippen molar-refractivity contribution in [1.82, 2.24) is 0 Å². The van der Waals surface area contributed by atoms with Crippen LogP contribution in [-0.4, -0.2) is 23.5 Å². The highest BCUT2D eigenvalue weighted by molar-refractivity contribution is 5.97. The standard InChI is InChI=1S/C17H13FO5/c18-7-8-22-11-3-1-10(2-4-11)13-9-15(20)23-17-12(13)5-6-14(19)16(17)21/h1-6,9,19,21H,7-8H2. The molecule has 3 aromatic rings. The van der Waals surface area contributed by atoms with Gasteiger partial charge in [0, 0.05) is 11.5 Å². The van der Waals surface area contributed by atoms with Gasteiger partial charge in [0.05, 0.1) is 0 Å². The van der Waals surface area contributed by atoms with Gasteiger partial charge < -0.3 is 19.4 Å². The summed E-state index contributed by atoms with van der Waals surface area (Å²) in [5.41, 5.74) is 0.514. The van der Waals surface area contributed by atoms with Crippen molar-refractivity contribution in [2.75, 3.05) is 13.3 Å². The van der Waals surface area contributed by atoms with E-state index in [4.69, 9.17) is 9.15 Å². The second-order valence-corrected chi connectivity index (χ2v) is 4.85. The van der Waals surface area contributed by atoms with Gasteiger partial charge in [-0.3, -0.25) is 0 Å². The number of hydrogen-bond donors (Lipinski definition) is 2. The van der Waals surface area contributed by atoms with Crippen LogP contribution in [0.15, 0.2) is 51.7 Å². The molecule has 6 heteroatoms. The Kier molecular flexibility index (Phi) is 3.89. The minimum atomic E-state index is -0.647. The van der Waals surface area contributed by atoms with E-state index in [0.29, 0.717) is 22.3 Å². The fraction of sp³-hybridized carbons (Fsp3) is 0.118. The third kappa shape index (κ3) is 2.83. The van der Waals surface area contributed by atoms with Crippen LogP contribution in [0.25, 0.3) is 22.1 Å². The average molecular weight is 316 g/mol. The number of rotatable bonds is 4. The maximum atomic E-state index is 12.1. The van der Waals surface area contributed by atoms with Crippen LogP contribution in [-0.2, 0) is 0 Å². The molecule has 0 aliphatic rings. The van der Waals surface area contributed by atoms with Gasteiger partial charge in [-0.2, -0.15) is 0 Å². The van der Waals surface area contributed by atoms with Crippen LogP contribution >= 0.6 is 0 Å². The molecule has 5 nitrogen and oxygen atoms in total. The summed E-state index contributed by atoms with van der Waals surface area (Å²) in [7, 11) is 0. The van der Waals surface area contributed by atoms with E-state index in [1.54, 1.807) is 30.3 Å². The number of aromatic hydroxyl groups is 2. The highest BCUT2D eigenvalue weighted by Crippen LogP contribution is 2.37. The van der Waals surface area contributed by atoms with E-state index in [9.17, 15) is 19.4 Å². The predicted octanol–water partition coefficient (Wildman–Crippen LogP) is 3.22. The topological polar surface area (TPSA) is 79.9 Å². The van der Waals surface area contributed by atoms with Gasteiger partial charge in [-0.05, 0) is 35.4 Å². The minimum Gasteiger partial charge on any atom is -0.504 e. The quantitative estimate of drug-likeness (QED) is 0.570. The molecule has 2 aromatic carbocycles. The molecule has 0 spiro atoms. The monoisotopic (exact) mass is 316 g/mol. The predicted molar refractivity (Wildman–Crippen MR) is 82.7 cm³/mol. The second kappa shape index (κ2) is 6.00. The van der Waals surface area contributed by atoms with Crippen molar-refractivity contribution in [3.8, 4) is 28.4 Å². The van der Waals surface area contributed by atoms with Crippen molar-refractivity contribution < 1.29 is 23.8 Å². The molecule has 3 rings (SSSR count). The molecule has 1 aromatic heterocycles. The smallest absolute Gasteiger partial charge is 0.336 e. The zero-order valence-corrected chi connectivity index (χ0v) is 12.0. The molecule has 23 heavy (non-hydrogen) atoms. The van der Waals surface area contributed by atoms with Crippen LogP contribution in [0.2, 0.25) is 0 Å². The first-order chi connectivity index (χ1) is 11.1. The molecule has 0 saturated heterocycles. The molecule has 0 fully saturated rings. The van der Waals surface area contributed by atoms with Crippen LogP contribution in [0.1, 0.15) is 0 Å². The van der Waals surface area contributed by atoms with Gasteiger partial charge in [-0.25, -0.2) is 9.18 Å². The lowest BCUT2D eigenvalue weighted by Gasteiger charge is -2.09. The summed E-state index contributed by atoms with van der Waals surface area (Å²) in [4.78, 5) is 11.7. The number of alkyl halides is 1. The Morgan fingerprint density at radius 1 is 1.09 bits per heavy atom. The highest BCUT2D eigenvalue weighted by atomic mass is 19.1. The maximum Gasteiger partial charge on any atom is 0.336 e. The SMILES string of the molecule is O=c1cc(-c2ccc(OCCF)cc2)c2ccc(O)c(O)c2o1. The lowest BCUT2D eigenvalue weighted by Crippen LogP contribution is -1.99. The number of benzene rings is 2. The van der Waals surface area contributed by atoms with Crippen LogP contribution < -0.4 is 10.4 Å². The molecule has 0 aliphatic carbocycles. The van der Waals surface area contributed by atoms with E-state index >= 15 is 0 Å². The third-order valence-electron chi connectivity index (χ3n) is 3.38. The van der Waals surface area contributed by atoms with Crippen LogP contribution in [0, 0.1) is 0 Å². The fourth-order valence-electron chi connectivity index (χ4n) is 2.33. The van der Waals surface area contributed by atoms with E-state index in [2.05, 4.69) is 0 Å². The van der Waals surface area contributed by atoms with Crippen molar-refractivity contribution >= 4 is 11.0 Å². The summed E-state index contributed by atoms with van der Waals surface area (Å²) in [5.74, 6) is -0.337. The normalized spacial score (nSPS) is 10.8. The van der Waals surface area contributed by atoms with Gasteiger partial charge in [0.25, 0.3) is 0 Å². The van der Waals surface area contributed by atoms with E-state index in [1.165, 1.54) is 12.1 Å². The molecule has 1 heterocycles. The van der Waals surface area contributed by atoms with Gasteiger partial charge >= 0.3 is 5.63 Å². The van der Waals surface area contributed by atoms with Gasteiger partial charge in [-0.1, -0.05) is 12.1 Å². The number of hydrogen-bond acceptors (Lipinski definition) is 5. The van der Waals surface area contributed by atoms with Crippen molar-refractivity contribution in [2.45, 2.75) is 0 Å². The fourth-order valence-corrected chi connectivity index (χ4v) is 2.33. The number of phenolic OH excluding ortho intramolecular Hbond substituents is 2. The summed E-state index contributed by atoms with van der Waals surface area (Å²) >= 11 is 0. The van der Waals surface area contributed by atoms with E-state index in [-0.39, 0.29) is 17.9 Å². The first-order valence-corrected chi connectivity index (χ1v) is 6.88. The summed E-state index contributed by atoms with van der Waals surface area (Å²) in [6.45, 7) is -0.598. The summed E-state index contributed by atoms with van der Waals surface area (Å²) in [6.07, 6.45) is 0. The van der Waals surface area contributed by atoms with Crippen molar-refractivity contribution in [3.05, 3.63) is 52.9 Å². The van der Waals surface area contributed by atoms with Gasteiger partial charge in [0.15, 0.2) is 11.3 Å². The lowest BCUT2D eigenvalue weighted by atomic mass is 10.0. The Morgan fingerprint density at radius 2 is 1.83 bits per heavy atom. The van der Waals surface area contributed by atoms with Gasteiger partial charge in [-0.15, -0.1) is 0 Å². The number of fused-ring (bicyclic) bond motifs is 1. The Bertz CT molecular complexity index is 899. The van der Waals surface area contributed by atoms with E-state index in [0.717, 1.165) is 0 Å². The zero-order chi connectivity index (χ0) is 16.4. The summed E-state index contributed by atoms with van der Waals surface area (Å²) in [6, 6.07) is 10.9. The molecular formula is C17H13FO5. The van der Waals surface area contributed by atoms with Crippen molar-refractivity contribution in [1.29, 1.82) is 0 Å². The molecule has 0 radical (unpaired) electrons. The Morgan fingerprint density at radius 3 is 2.52 bits per heavy atom. The Balaban J connectivity index is 2.12. The average Bonchev–Trinajstić information content (AvgIpc) is 2.56. The molecule has 0 aliphatic heterocycles.